The number of nitrogens with one attached hydrogen (secondary N) is 1. The second-order valence-corrected chi connectivity index (χ2v) is 11.8. The number of rotatable bonds is 7. The first kappa shape index (κ1) is 23.5. The molecule has 0 bridgehead atoms. The molecule has 0 saturated heterocycles. The molecular weight excluding hydrogens is 457 g/mol. The molecule has 1 amide bonds. The summed E-state index contributed by atoms with van der Waals surface area (Å²) in [4.78, 5) is 13.7. The van der Waals surface area contributed by atoms with E-state index in [1.165, 1.54) is 15.9 Å². The van der Waals surface area contributed by atoms with Crippen molar-refractivity contribution in [2.75, 3.05) is 0 Å². The topological polar surface area (TPSA) is 29.1 Å². The van der Waals surface area contributed by atoms with Crippen LogP contribution in [0.1, 0.15) is 15.9 Å². The van der Waals surface area contributed by atoms with Crippen LogP contribution in [-0.4, -0.2) is 5.91 Å². The first-order valence-corrected chi connectivity index (χ1v) is 13.8. The highest BCUT2D eigenvalue weighted by Gasteiger charge is 2.50. The van der Waals surface area contributed by atoms with E-state index in [1.54, 1.807) is 0 Å². The molecule has 0 aliphatic carbocycles. The lowest BCUT2D eigenvalue weighted by Crippen LogP contribution is -2.38. The van der Waals surface area contributed by atoms with Gasteiger partial charge >= 0.3 is 0 Å². The predicted molar refractivity (Wildman–Crippen MR) is 153 cm³/mol. The molecule has 5 aromatic rings. The van der Waals surface area contributed by atoms with Gasteiger partial charge in [-0.3, -0.25) is 10.1 Å². The smallest absolute Gasteiger partial charge is 0.258 e. The molecule has 36 heavy (non-hydrogen) atoms. The largest absolute Gasteiger partial charge is 0.292 e. The van der Waals surface area contributed by atoms with Gasteiger partial charge in [-0.25, -0.2) is 0 Å². The highest BCUT2D eigenvalue weighted by molar-refractivity contribution is 7.99. The van der Waals surface area contributed by atoms with Gasteiger partial charge in [-0.15, -0.1) is 0 Å². The minimum absolute atomic E-state index is 0.120. The van der Waals surface area contributed by atoms with Crippen molar-refractivity contribution < 1.29 is 4.79 Å². The number of carbonyl (C=O) groups is 1. The summed E-state index contributed by atoms with van der Waals surface area (Å²) in [7, 11) is -2.47. The van der Waals surface area contributed by atoms with Crippen molar-refractivity contribution in [3.63, 3.8) is 0 Å². The third kappa shape index (κ3) is 4.77. The molecule has 0 saturated carbocycles. The molecule has 1 N–H and O–H groups in total. The van der Waals surface area contributed by atoms with Crippen LogP contribution in [0.2, 0.25) is 0 Å². The Morgan fingerprint density at radius 1 is 0.500 bits per heavy atom. The van der Waals surface area contributed by atoms with Gasteiger partial charge in [-0.05, 0) is 54.1 Å². The zero-order valence-corrected chi connectivity index (χ0v) is 20.8. The maximum atomic E-state index is 13.7. The molecule has 0 heterocycles. The van der Waals surface area contributed by atoms with Crippen LogP contribution in [0.4, 0.5) is 0 Å². The first-order valence-electron chi connectivity index (χ1n) is 12.0. The van der Waals surface area contributed by atoms with E-state index < -0.39 is 7.26 Å². The van der Waals surface area contributed by atoms with E-state index in [4.69, 9.17) is 0 Å². The summed E-state index contributed by atoms with van der Waals surface area (Å²) in [5, 5.41) is 6.93. The van der Waals surface area contributed by atoms with Crippen LogP contribution in [0, 0.1) is 0 Å². The SMILES string of the molecule is O=C(NC(=Cc1ccccc1)[P+](c1ccccc1)(c1ccccc1)c1ccccc1)c1ccccc1. The molecule has 5 aromatic carbocycles. The summed E-state index contributed by atoms with van der Waals surface area (Å²) in [5.41, 5.74) is 2.56. The van der Waals surface area contributed by atoms with E-state index in [-0.39, 0.29) is 5.91 Å². The van der Waals surface area contributed by atoms with E-state index in [9.17, 15) is 4.79 Å². The Kier molecular flexibility index (Phi) is 7.17. The Balaban J connectivity index is 1.83. The maximum absolute atomic E-state index is 13.7. The van der Waals surface area contributed by atoms with Crippen molar-refractivity contribution in [3.05, 3.63) is 168 Å². The number of carbonyl (C=O) groups excluding carboxylic acids is 1. The molecule has 0 aromatic heterocycles. The molecule has 2 nitrogen and oxygen atoms in total. The summed E-state index contributed by atoms with van der Waals surface area (Å²) >= 11 is 0. The van der Waals surface area contributed by atoms with Gasteiger partial charge in [0.2, 0.25) is 0 Å². The van der Waals surface area contributed by atoms with E-state index in [0.717, 1.165) is 11.0 Å². The minimum Gasteiger partial charge on any atom is -0.292 e. The van der Waals surface area contributed by atoms with Gasteiger partial charge in [0.1, 0.15) is 15.9 Å². The third-order valence-corrected chi connectivity index (χ3v) is 10.4. The Morgan fingerprint density at radius 3 is 1.28 bits per heavy atom. The second kappa shape index (κ2) is 11.0. The van der Waals surface area contributed by atoms with Crippen LogP contribution in [0.25, 0.3) is 6.08 Å². The van der Waals surface area contributed by atoms with Gasteiger partial charge in [-0.1, -0.05) is 103 Å². The van der Waals surface area contributed by atoms with E-state index in [1.807, 2.05) is 66.7 Å². The van der Waals surface area contributed by atoms with Gasteiger partial charge in [-0.2, -0.15) is 0 Å². The normalized spacial score (nSPS) is 11.6. The average Bonchev–Trinajstić information content (AvgIpc) is 2.96. The average molecular weight is 485 g/mol. The Morgan fingerprint density at radius 2 is 0.861 bits per heavy atom. The van der Waals surface area contributed by atoms with E-state index in [2.05, 4.69) is 96.3 Å². The number of benzene rings is 5. The van der Waals surface area contributed by atoms with Crippen LogP contribution in [0.5, 0.6) is 0 Å². The zero-order chi connectivity index (χ0) is 24.6. The fourth-order valence-electron chi connectivity index (χ4n) is 4.52. The van der Waals surface area contributed by atoms with Gasteiger partial charge in [0.25, 0.3) is 5.91 Å². The molecule has 0 aliphatic rings. The molecule has 3 heteroatoms. The van der Waals surface area contributed by atoms with Gasteiger partial charge < -0.3 is 0 Å². The lowest BCUT2D eigenvalue weighted by Gasteiger charge is -2.29. The predicted octanol–water partition coefficient (Wildman–Crippen LogP) is 6.41. The molecule has 174 valence electrons. The zero-order valence-electron chi connectivity index (χ0n) is 19.9. The summed E-state index contributed by atoms with van der Waals surface area (Å²) in [5.74, 6) is -0.120. The fraction of sp³-hybridized carbons (Fsp3) is 0. The van der Waals surface area contributed by atoms with E-state index >= 15 is 0 Å². The summed E-state index contributed by atoms with van der Waals surface area (Å²) in [6.45, 7) is 0. The van der Waals surface area contributed by atoms with E-state index in [0.29, 0.717) is 5.56 Å². The monoisotopic (exact) mass is 484 g/mol. The van der Waals surface area contributed by atoms with Crippen molar-refractivity contribution >= 4 is 35.2 Å². The number of hydrogen-bond acceptors (Lipinski definition) is 1. The van der Waals surface area contributed by atoms with Crippen LogP contribution in [-0.2, 0) is 0 Å². The van der Waals surface area contributed by atoms with Crippen molar-refractivity contribution in [1.82, 2.24) is 5.32 Å². The van der Waals surface area contributed by atoms with Crippen molar-refractivity contribution in [1.29, 1.82) is 0 Å². The lowest BCUT2D eigenvalue weighted by molar-refractivity contribution is 0.0969. The summed E-state index contributed by atoms with van der Waals surface area (Å²) in [6, 6.07) is 51.3. The van der Waals surface area contributed by atoms with Crippen LogP contribution >= 0.6 is 7.26 Å². The molecule has 0 fully saturated rings. The molecule has 0 radical (unpaired) electrons. The Labute approximate surface area is 213 Å². The highest BCUT2D eigenvalue weighted by Crippen LogP contribution is 2.61. The van der Waals surface area contributed by atoms with Crippen molar-refractivity contribution in [2.24, 2.45) is 0 Å². The Bertz CT molecular complexity index is 1340. The second-order valence-electron chi connectivity index (χ2n) is 8.44. The number of hydrogen-bond donors (Lipinski definition) is 1. The maximum Gasteiger partial charge on any atom is 0.258 e. The van der Waals surface area contributed by atoms with Crippen molar-refractivity contribution in [2.45, 2.75) is 0 Å². The minimum atomic E-state index is -2.47. The molecule has 0 spiro atoms. The highest BCUT2D eigenvalue weighted by atomic mass is 31.2. The lowest BCUT2D eigenvalue weighted by atomic mass is 10.2. The fourth-order valence-corrected chi connectivity index (χ4v) is 8.72. The molecular formula is C33H27NOP+. The van der Waals surface area contributed by atoms with Crippen LogP contribution in [0.15, 0.2) is 157 Å². The standard InChI is InChI=1S/C33H26NOP/c35-33(28-18-8-2-9-19-28)34-32(26-27-16-6-1-7-17-27)36(29-20-10-3-11-21-29,30-22-12-4-13-23-30)31-24-14-5-15-25-31/h1-26H/p+1. The molecule has 5 rings (SSSR count). The van der Waals surface area contributed by atoms with Crippen LogP contribution in [0.3, 0.4) is 0 Å². The van der Waals surface area contributed by atoms with Crippen LogP contribution < -0.4 is 21.2 Å². The van der Waals surface area contributed by atoms with Gasteiger partial charge in [0, 0.05) is 11.6 Å². The first-order chi connectivity index (χ1) is 17.8. The Hall–Kier alpha value is -4.26. The third-order valence-electron chi connectivity index (χ3n) is 6.17. The summed E-state index contributed by atoms with van der Waals surface area (Å²) < 4.78 is 0. The number of amides is 1. The van der Waals surface area contributed by atoms with Gasteiger partial charge in [0.15, 0.2) is 12.7 Å². The van der Waals surface area contributed by atoms with Gasteiger partial charge in [0.05, 0.1) is 0 Å². The summed E-state index contributed by atoms with van der Waals surface area (Å²) in [6.07, 6.45) is 2.14. The molecule has 0 atom stereocenters. The quantitative estimate of drug-likeness (QED) is 0.266. The molecule has 0 aliphatic heterocycles. The molecule has 0 unspecified atom stereocenters. The van der Waals surface area contributed by atoms with Crippen molar-refractivity contribution in [3.8, 4) is 0 Å².